The fraction of sp³-hybridized carbons (Fsp3) is 0.118. The highest BCUT2D eigenvalue weighted by atomic mass is 32.2. The van der Waals surface area contributed by atoms with Gasteiger partial charge in [-0.2, -0.15) is 0 Å². The summed E-state index contributed by atoms with van der Waals surface area (Å²) in [6.07, 6.45) is 1.59. The van der Waals surface area contributed by atoms with E-state index in [9.17, 15) is 9.18 Å². The van der Waals surface area contributed by atoms with Gasteiger partial charge in [-0.25, -0.2) is 14.1 Å². The van der Waals surface area contributed by atoms with E-state index in [1.807, 2.05) is 30.3 Å². The lowest BCUT2D eigenvalue weighted by atomic mass is 10.2. The minimum absolute atomic E-state index is 0.103. The average molecular weight is 342 g/mol. The Morgan fingerprint density at radius 3 is 2.79 bits per heavy atom. The third-order valence-corrected chi connectivity index (χ3v) is 4.07. The van der Waals surface area contributed by atoms with Gasteiger partial charge in [-0.05, 0) is 36.8 Å². The summed E-state index contributed by atoms with van der Waals surface area (Å²) in [7, 11) is 0. The summed E-state index contributed by atoms with van der Waals surface area (Å²) >= 11 is 1.19. The molecule has 0 saturated carbocycles. The van der Waals surface area contributed by atoms with Crippen LogP contribution in [0.2, 0.25) is 0 Å². The first-order valence-electron chi connectivity index (χ1n) is 7.28. The van der Waals surface area contributed by atoms with E-state index in [1.165, 1.54) is 17.8 Å². The molecular formula is C17H15FN4OS. The molecule has 1 aromatic heterocycles. The summed E-state index contributed by atoms with van der Waals surface area (Å²) < 4.78 is 15.4. The second-order valence-electron chi connectivity index (χ2n) is 5.13. The Kier molecular flexibility index (Phi) is 4.90. The van der Waals surface area contributed by atoms with Crippen LogP contribution < -0.4 is 5.32 Å². The number of hydrogen-bond donors (Lipinski definition) is 1. The van der Waals surface area contributed by atoms with E-state index in [4.69, 9.17) is 0 Å². The fourth-order valence-electron chi connectivity index (χ4n) is 2.06. The molecule has 0 spiro atoms. The molecule has 2 aromatic carbocycles. The second kappa shape index (κ2) is 7.27. The zero-order chi connectivity index (χ0) is 16.9. The van der Waals surface area contributed by atoms with Crippen molar-refractivity contribution in [1.29, 1.82) is 0 Å². The molecule has 0 atom stereocenters. The number of hydrogen-bond acceptors (Lipinski definition) is 4. The number of carbonyl (C=O) groups excluding carboxylic acids is 1. The number of amides is 1. The molecule has 0 radical (unpaired) electrons. The monoisotopic (exact) mass is 342 g/mol. The standard InChI is InChI=1S/C17H15FN4OS/c1-12-7-8-15(14(18)9-12)20-16(23)10-24-17-19-11-22(21-17)13-5-3-2-4-6-13/h2-9,11H,10H2,1H3,(H,20,23). The van der Waals surface area contributed by atoms with Crippen molar-refractivity contribution in [2.24, 2.45) is 0 Å². The summed E-state index contributed by atoms with van der Waals surface area (Å²) in [5.74, 6) is -0.648. The van der Waals surface area contributed by atoms with Gasteiger partial charge in [0, 0.05) is 0 Å². The van der Waals surface area contributed by atoms with Crippen molar-refractivity contribution >= 4 is 23.4 Å². The summed E-state index contributed by atoms with van der Waals surface area (Å²) in [5.41, 5.74) is 1.87. The maximum absolute atomic E-state index is 13.7. The zero-order valence-corrected chi connectivity index (χ0v) is 13.8. The van der Waals surface area contributed by atoms with Gasteiger partial charge in [0.05, 0.1) is 17.1 Å². The Morgan fingerprint density at radius 2 is 2.04 bits per heavy atom. The molecule has 1 N–H and O–H groups in total. The molecule has 0 aliphatic rings. The quantitative estimate of drug-likeness (QED) is 0.722. The maximum atomic E-state index is 13.7. The number of para-hydroxylation sites is 1. The molecule has 0 aliphatic heterocycles. The lowest BCUT2D eigenvalue weighted by Crippen LogP contribution is -2.15. The molecule has 0 aliphatic carbocycles. The van der Waals surface area contributed by atoms with Gasteiger partial charge in [0.25, 0.3) is 0 Å². The Hall–Kier alpha value is -2.67. The molecule has 3 rings (SSSR count). The van der Waals surface area contributed by atoms with Crippen LogP contribution in [0.15, 0.2) is 60.0 Å². The lowest BCUT2D eigenvalue weighted by Gasteiger charge is -2.06. The number of benzene rings is 2. The van der Waals surface area contributed by atoms with Crippen LogP contribution in [0.5, 0.6) is 0 Å². The first-order chi connectivity index (χ1) is 11.6. The van der Waals surface area contributed by atoms with E-state index in [2.05, 4.69) is 15.4 Å². The summed E-state index contributed by atoms with van der Waals surface area (Å²) in [5, 5.41) is 7.34. The summed E-state index contributed by atoms with van der Waals surface area (Å²) in [6.45, 7) is 1.79. The van der Waals surface area contributed by atoms with Crippen LogP contribution in [0, 0.1) is 12.7 Å². The second-order valence-corrected chi connectivity index (χ2v) is 6.07. The largest absolute Gasteiger partial charge is 0.323 e. The Labute approximate surface area is 142 Å². The van der Waals surface area contributed by atoms with E-state index >= 15 is 0 Å². The lowest BCUT2D eigenvalue weighted by molar-refractivity contribution is -0.113. The molecule has 7 heteroatoms. The average Bonchev–Trinajstić information content (AvgIpc) is 3.05. The molecule has 1 amide bonds. The third kappa shape index (κ3) is 3.99. The Bertz CT molecular complexity index is 851. The molecule has 0 saturated heterocycles. The van der Waals surface area contributed by atoms with Crippen molar-refractivity contribution in [3.8, 4) is 5.69 Å². The number of nitrogens with zero attached hydrogens (tertiary/aromatic N) is 3. The summed E-state index contributed by atoms with van der Waals surface area (Å²) in [4.78, 5) is 16.1. The van der Waals surface area contributed by atoms with Crippen LogP contribution in [-0.2, 0) is 4.79 Å². The summed E-state index contributed by atoms with van der Waals surface area (Å²) in [6, 6.07) is 14.2. The fourth-order valence-corrected chi connectivity index (χ4v) is 2.66. The highest BCUT2D eigenvalue weighted by Crippen LogP contribution is 2.17. The molecule has 24 heavy (non-hydrogen) atoms. The number of aromatic nitrogens is 3. The van der Waals surface area contributed by atoms with Crippen molar-refractivity contribution in [2.45, 2.75) is 12.1 Å². The van der Waals surface area contributed by atoms with Crippen molar-refractivity contribution in [3.63, 3.8) is 0 Å². The topological polar surface area (TPSA) is 59.8 Å². The minimum atomic E-state index is -0.445. The highest BCUT2D eigenvalue weighted by Gasteiger charge is 2.10. The van der Waals surface area contributed by atoms with E-state index < -0.39 is 5.82 Å². The molecule has 1 heterocycles. The molecule has 5 nitrogen and oxygen atoms in total. The van der Waals surface area contributed by atoms with Crippen molar-refractivity contribution in [1.82, 2.24) is 14.8 Å². The van der Waals surface area contributed by atoms with Gasteiger partial charge in [0.2, 0.25) is 11.1 Å². The molecule has 122 valence electrons. The smallest absolute Gasteiger partial charge is 0.234 e. The van der Waals surface area contributed by atoms with Crippen molar-refractivity contribution in [2.75, 3.05) is 11.1 Å². The molecule has 0 bridgehead atoms. The van der Waals surface area contributed by atoms with Crippen LogP contribution in [0.1, 0.15) is 5.56 Å². The molecule has 0 unspecified atom stereocenters. The van der Waals surface area contributed by atoms with E-state index in [-0.39, 0.29) is 17.3 Å². The van der Waals surface area contributed by atoms with E-state index in [0.29, 0.717) is 5.16 Å². The maximum Gasteiger partial charge on any atom is 0.234 e. The predicted molar refractivity (Wildman–Crippen MR) is 91.8 cm³/mol. The molecule has 0 fully saturated rings. The normalized spacial score (nSPS) is 10.6. The van der Waals surface area contributed by atoms with Gasteiger partial charge < -0.3 is 5.32 Å². The Balaban J connectivity index is 1.58. The van der Waals surface area contributed by atoms with Gasteiger partial charge in [0.1, 0.15) is 12.1 Å². The number of rotatable bonds is 5. The van der Waals surface area contributed by atoms with E-state index in [1.54, 1.807) is 30.1 Å². The van der Waals surface area contributed by atoms with Gasteiger partial charge in [-0.3, -0.25) is 4.79 Å². The van der Waals surface area contributed by atoms with Gasteiger partial charge >= 0.3 is 0 Å². The van der Waals surface area contributed by atoms with E-state index in [0.717, 1.165) is 11.3 Å². The van der Waals surface area contributed by atoms with Crippen LogP contribution in [0.25, 0.3) is 5.69 Å². The number of nitrogens with one attached hydrogen (secondary N) is 1. The van der Waals surface area contributed by atoms with Crippen LogP contribution >= 0.6 is 11.8 Å². The number of aryl methyl sites for hydroxylation is 1. The number of halogens is 1. The molecular weight excluding hydrogens is 327 g/mol. The van der Waals surface area contributed by atoms with Crippen LogP contribution in [0.3, 0.4) is 0 Å². The van der Waals surface area contributed by atoms with Crippen molar-refractivity contribution in [3.05, 3.63) is 66.2 Å². The van der Waals surface area contributed by atoms with Gasteiger partial charge in [-0.15, -0.1) is 5.10 Å². The van der Waals surface area contributed by atoms with Crippen LogP contribution in [0.4, 0.5) is 10.1 Å². The molecule has 3 aromatic rings. The number of thioether (sulfide) groups is 1. The van der Waals surface area contributed by atoms with Crippen molar-refractivity contribution < 1.29 is 9.18 Å². The first kappa shape index (κ1) is 16.2. The third-order valence-electron chi connectivity index (χ3n) is 3.22. The zero-order valence-electron chi connectivity index (χ0n) is 12.9. The number of carbonyl (C=O) groups is 1. The van der Waals surface area contributed by atoms with Gasteiger partial charge in [0.15, 0.2) is 0 Å². The number of anilines is 1. The minimum Gasteiger partial charge on any atom is -0.323 e. The van der Waals surface area contributed by atoms with Crippen LogP contribution in [-0.4, -0.2) is 26.4 Å². The SMILES string of the molecule is Cc1ccc(NC(=O)CSc2ncn(-c3ccccc3)n2)c(F)c1. The first-order valence-corrected chi connectivity index (χ1v) is 8.26. The predicted octanol–water partition coefficient (Wildman–Crippen LogP) is 3.45. The highest BCUT2D eigenvalue weighted by molar-refractivity contribution is 7.99. The van der Waals surface area contributed by atoms with Gasteiger partial charge in [-0.1, -0.05) is 36.0 Å². The Morgan fingerprint density at radius 1 is 1.25 bits per heavy atom.